The molecular weight excluding hydrogens is 298 g/mol. The van der Waals surface area contributed by atoms with Gasteiger partial charge in [0.05, 0.1) is 24.8 Å². The van der Waals surface area contributed by atoms with Crippen LogP contribution in [0.2, 0.25) is 0 Å². The Kier molecular flexibility index (Phi) is 5.44. The van der Waals surface area contributed by atoms with E-state index in [-0.39, 0.29) is 17.9 Å². The first-order chi connectivity index (χ1) is 10.9. The van der Waals surface area contributed by atoms with Crippen LogP contribution in [-0.4, -0.2) is 48.1 Å². The largest absolute Gasteiger partial charge is 0.494 e. The van der Waals surface area contributed by atoms with Gasteiger partial charge in [-0.1, -0.05) is 0 Å². The molecule has 0 aliphatic carbocycles. The van der Waals surface area contributed by atoms with Crippen LogP contribution in [0.3, 0.4) is 0 Å². The third kappa shape index (κ3) is 4.13. The Morgan fingerprint density at radius 1 is 1.39 bits per heavy atom. The molecule has 0 saturated carbocycles. The third-order valence-electron chi connectivity index (χ3n) is 4.29. The maximum Gasteiger partial charge on any atom is 0.306 e. The SMILES string of the molecule is COc1cc(N)ccc1NC(=O)C(C)N1CCC(C(=O)O)CC1. The minimum atomic E-state index is -0.756. The van der Waals surface area contributed by atoms with Crippen molar-refractivity contribution in [1.82, 2.24) is 4.90 Å². The van der Waals surface area contributed by atoms with Gasteiger partial charge in [-0.15, -0.1) is 0 Å². The van der Waals surface area contributed by atoms with Crippen molar-refractivity contribution in [3.05, 3.63) is 18.2 Å². The van der Waals surface area contributed by atoms with Crippen molar-refractivity contribution in [3.8, 4) is 5.75 Å². The Morgan fingerprint density at radius 2 is 2.04 bits per heavy atom. The number of carboxylic acid groups (broad SMARTS) is 1. The van der Waals surface area contributed by atoms with Gasteiger partial charge in [-0.25, -0.2) is 0 Å². The van der Waals surface area contributed by atoms with E-state index in [1.165, 1.54) is 7.11 Å². The van der Waals surface area contributed by atoms with Gasteiger partial charge in [-0.05, 0) is 45.0 Å². The molecule has 2 rings (SSSR count). The monoisotopic (exact) mass is 321 g/mol. The number of carboxylic acids is 1. The number of benzene rings is 1. The molecule has 1 fully saturated rings. The Bertz CT molecular complexity index is 583. The molecular formula is C16H23N3O4. The van der Waals surface area contributed by atoms with E-state index in [0.29, 0.717) is 43.1 Å². The number of amides is 1. The average Bonchev–Trinajstić information content (AvgIpc) is 2.55. The van der Waals surface area contributed by atoms with Crippen molar-refractivity contribution in [2.75, 3.05) is 31.2 Å². The van der Waals surface area contributed by atoms with E-state index >= 15 is 0 Å². The van der Waals surface area contributed by atoms with E-state index in [4.69, 9.17) is 15.6 Å². The van der Waals surface area contributed by atoms with E-state index in [2.05, 4.69) is 5.32 Å². The zero-order chi connectivity index (χ0) is 17.0. The third-order valence-corrected chi connectivity index (χ3v) is 4.29. The highest BCUT2D eigenvalue weighted by Gasteiger charge is 2.29. The van der Waals surface area contributed by atoms with E-state index < -0.39 is 5.97 Å². The van der Waals surface area contributed by atoms with Crippen molar-refractivity contribution in [1.29, 1.82) is 0 Å². The Labute approximate surface area is 135 Å². The molecule has 1 saturated heterocycles. The molecule has 7 heteroatoms. The molecule has 1 aliphatic rings. The molecule has 0 aromatic heterocycles. The number of hydrogen-bond donors (Lipinski definition) is 3. The number of carbonyl (C=O) groups excluding carboxylic acids is 1. The number of likely N-dealkylation sites (tertiary alicyclic amines) is 1. The van der Waals surface area contributed by atoms with Gasteiger partial charge in [0.1, 0.15) is 5.75 Å². The molecule has 0 radical (unpaired) electrons. The summed E-state index contributed by atoms with van der Waals surface area (Å²) in [6.45, 7) is 3.02. The van der Waals surface area contributed by atoms with Crippen molar-refractivity contribution in [2.24, 2.45) is 5.92 Å². The van der Waals surface area contributed by atoms with Gasteiger partial charge in [0.2, 0.25) is 5.91 Å². The predicted octanol–water partition coefficient (Wildman–Crippen LogP) is 1.40. The summed E-state index contributed by atoms with van der Waals surface area (Å²) in [6.07, 6.45) is 1.14. The van der Waals surface area contributed by atoms with E-state index in [9.17, 15) is 9.59 Å². The van der Waals surface area contributed by atoms with Crippen LogP contribution in [0.25, 0.3) is 0 Å². The second-order valence-electron chi connectivity index (χ2n) is 5.77. The lowest BCUT2D eigenvalue weighted by Gasteiger charge is -2.33. The molecule has 1 heterocycles. The number of hydrogen-bond acceptors (Lipinski definition) is 5. The lowest BCUT2D eigenvalue weighted by atomic mass is 9.96. The van der Waals surface area contributed by atoms with Gasteiger partial charge < -0.3 is 20.9 Å². The fraction of sp³-hybridized carbons (Fsp3) is 0.500. The number of piperidine rings is 1. The molecule has 0 bridgehead atoms. The molecule has 0 spiro atoms. The summed E-state index contributed by atoms with van der Waals surface area (Å²) in [4.78, 5) is 25.4. The number of nitrogens with zero attached hydrogens (tertiary/aromatic N) is 1. The number of carbonyl (C=O) groups is 2. The van der Waals surface area contributed by atoms with E-state index in [1.807, 2.05) is 11.8 Å². The topological polar surface area (TPSA) is 105 Å². The fourth-order valence-electron chi connectivity index (χ4n) is 2.75. The number of methoxy groups -OCH3 is 1. The number of aliphatic carboxylic acids is 1. The van der Waals surface area contributed by atoms with Crippen molar-refractivity contribution in [3.63, 3.8) is 0 Å². The molecule has 1 aliphatic heterocycles. The smallest absolute Gasteiger partial charge is 0.306 e. The molecule has 1 atom stereocenters. The van der Waals surface area contributed by atoms with Crippen LogP contribution in [0.1, 0.15) is 19.8 Å². The predicted molar refractivity (Wildman–Crippen MR) is 87.4 cm³/mol. The van der Waals surface area contributed by atoms with Gasteiger partial charge in [0.25, 0.3) is 0 Å². The lowest BCUT2D eigenvalue weighted by molar-refractivity contribution is -0.143. The zero-order valence-corrected chi connectivity index (χ0v) is 13.4. The van der Waals surface area contributed by atoms with Crippen LogP contribution in [-0.2, 0) is 9.59 Å². The summed E-state index contributed by atoms with van der Waals surface area (Å²) in [5.41, 5.74) is 6.83. The zero-order valence-electron chi connectivity index (χ0n) is 13.4. The molecule has 1 unspecified atom stereocenters. The Morgan fingerprint density at radius 3 is 2.61 bits per heavy atom. The summed E-state index contributed by atoms with van der Waals surface area (Å²) in [6, 6.07) is 4.71. The van der Waals surface area contributed by atoms with Gasteiger partial charge in [0.15, 0.2) is 0 Å². The molecule has 7 nitrogen and oxygen atoms in total. The number of rotatable bonds is 5. The Hall–Kier alpha value is -2.28. The average molecular weight is 321 g/mol. The minimum absolute atomic E-state index is 0.151. The number of nitrogens with two attached hydrogens (primary N) is 1. The molecule has 23 heavy (non-hydrogen) atoms. The highest BCUT2D eigenvalue weighted by Crippen LogP contribution is 2.27. The normalized spacial score (nSPS) is 17.5. The number of nitrogens with one attached hydrogen (secondary N) is 1. The van der Waals surface area contributed by atoms with Crippen LogP contribution in [0.4, 0.5) is 11.4 Å². The van der Waals surface area contributed by atoms with Gasteiger partial charge in [-0.2, -0.15) is 0 Å². The second kappa shape index (κ2) is 7.32. The second-order valence-corrected chi connectivity index (χ2v) is 5.77. The summed E-state index contributed by atoms with van der Waals surface area (Å²) in [5.74, 6) is -0.705. The van der Waals surface area contributed by atoms with E-state index in [1.54, 1.807) is 18.2 Å². The van der Waals surface area contributed by atoms with Crippen LogP contribution >= 0.6 is 0 Å². The quantitative estimate of drug-likeness (QED) is 0.708. The van der Waals surface area contributed by atoms with Crippen molar-refractivity contribution >= 4 is 23.3 Å². The highest BCUT2D eigenvalue weighted by atomic mass is 16.5. The van der Waals surface area contributed by atoms with Crippen LogP contribution in [0.5, 0.6) is 5.75 Å². The molecule has 1 aromatic rings. The van der Waals surface area contributed by atoms with Crippen molar-refractivity contribution in [2.45, 2.75) is 25.8 Å². The molecule has 126 valence electrons. The minimum Gasteiger partial charge on any atom is -0.494 e. The molecule has 4 N–H and O–H groups in total. The van der Waals surface area contributed by atoms with Gasteiger partial charge in [0, 0.05) is 11.8 Å². The Balaban J connectivity index is 1.97. The summed E-state index contributed by atoms with van der Waals surface area (Å²) >= 11 is 0. The summed E-state index contributed by atoms with van der Waals surface area (Å²) in [5, 5.41) is 11.9. The fourth-order valence-corrected chi connectivity index (χ4v) is 2.75. The van der Waals surface area contributed by atoms with Crippen LogP contribution < -0.4 is 15.8 Å². The van der Waals surface area contributed by atoms with Gasteiger partial charge in [-0.3, -0.25) is 14.5 Å². The first kappa shape index (κ1) is 17.1. The lowest BCUT2D eigenvalue weighted by Crippen LogP contribution is -2.47. The van der Waals surface area contributed by atoms with Crippen LogP contribution in [0.15, 0.2) is 18.2 Å². The maximum atomic E-state index is 12.4. The van der Waals surface area contributed by atoms with Crippen LogP contribution in [0, 0.1) is 5.92 Å². The number of anilines is 2. The number of ether oxygens (including phenoxy) is 1. The number of nitrogen functional groups attached to an aromatic ring is 1. The first-order valence-electron chi connectivity index (χ1n) is 7.63. The summed E-state index contributed by atoms with van der Waals surface area (Å²) in [7, 11) is 1.52. The highest BCUT2D eigenvalue weighted by molar-refractivity contribution is 5.96. The van der Waals surface area contributed by atoms with E-state index in [0.717, 1.165) is 0 Å². The standard InChI is InChI=1S/C16H23N3O4/c1-10(19-7-5-11(6-8-19)16(21)22)15(20)18-13-4-3-12(17)9-14(13)23-2/h3-4,9-11H,5-8,17H2,1-2H3,(H,18,20)(H,21,22). The maximum absolute atomic E-state index is 12.4. The van der Waals surface area contributed by atoms with Gasteiger partial charge >= 0.3 is 5.97 Å². The first-order valence-corrected chi connectivity index (χ1v) is 7.63. The molecule has 1 aromatic carbocycles. The van der Waals surface area contributed by atoms with Crippen molar-refractivity contribution < 1.29 is 19.4 Å². The molecule has 1 amide bonds. The summed E-state index contributed by atoms with van der Waals surface area (Å²) < 4.78 is 5.22.